The largest absolute Gasteiger partial charge is 0.324 e. The standard InChI is InChI=1S/C24H22FN5O.C15H16FN3OS/c1-14-4-3-5-20(25)22(14)30-13-15(2)21-19(23(30)31)12-27-24(29-21)28-18-7-6-16-8-9-26-11-17(16)10-18;1-4-12-10(8-17-15(18-12)21-3)14(20)19-13-9(2)6-5-7-11(13)16/h3-7,10,12-13,26H,8-9,11H2,1-2H3,(H,27,28,29);5-8H,4H2,1-3H3,(H,19,20). The lowest BCUT2D eigenvalue weighted by Gasteiger charge is -2.18. The van der Waals surface area contributed by atoms with Crippen molar-refractivity contribution in [3.63, 3.8) is 0 Å². The third-order valence-electron chi connectivity index (χ3n) is 8.78. The SMILES string of the molecule is CCc1nc(SC)ncc1C(=O)Nc1c(C)cccc1F.Cc1cccc(F)c1-n1cc(C)c2nc(Nc3ccc4c(c3)CNCC4)ncc2c1=O. The zero-order valence-electron chi connectivity index (χ0n) is 29.5. The van der Waals surface area contributed by atoms with Gasteiger partial charge in [-0.05, 0) is 98.5 Å². The minimum Gasteiger partial charge on any atom is -0.324 e. The second kappa shape index (κ2) is 15.8. The second-order valence-electron chi connectivity index (χ2n) is 12.3. The molecule has 0 atom stereocenters. The molecule has 7 rings (SSSR count). The van der Waals surface area contributed by atoms with Gasteiger partial charge < -0.3 is 16.0 Å². The number of aromatic nitrogens is 5. The summed E-state index contributed by atoms with van der Waals surface area (Å²) < 4.78 is 29.6. The molecule has 1 aliphatic heterocycles. The number of pyridine rings is 1. The average Bonchev–Trinajstić information content (AvgIpc) is 3.15. The van der Waals surface area contributed by atoms with Gasteiger partial charge in [0.2, 0.25) is 5.95 Å². The highest BCUT2D eigenvalue weighted by molar-refractivity contribution is 7.98. The molecule has 3 aromatic heterocycles. The van der Waals surface area contributed by atoms with Crippen LogP contribution in [0.2, 0.25) is 0 Å². The Kier molecular flexibility index (Phi) is 11.0. The maximum atomic E-state index is 14.5. The summed E-state index contributed by atoms with van der Waals surface area (Å²) in [6, 6.07) is 15.7. The summed E-state index contributed by atoms with van der Waals surface area (Å²) in [4.78, 5) is 42.8. The van der Waals surface area contributed by atoms with E-state index in [0.29, 0.717) is 50.8 Å². The third kappa shape index (κ3) is 7.70. The Morgan fingerprint density at radius 1 is 0.942 bits per heavy atom. The number of para-hydroxylation sites is 2. The summed E-state index contributed by atoms with van der Waals surface area (Å²) in [5.41, 5.74) is 7.30. The molecule has 3 N–H and O–H groups in total. The number of halogens is 2. The number of hydrogen-bond donors (Lipinski definition) is 3. The fourth-order valence-electron chi connectivity index (χ4n) is 6.05. The van der Waals surface area contributed by atoms with Crippen molar-refractivity contribution < 1.29 is 13.6 Å². The monoisotopic (exact) mass is 720 g/mol. The molecule has 0 fully saturated rings. The molecule has 0 spiro atoms. The Morgan fingerprint density at radius 3 is 2.44 bits per heavy atom. The molecule has 13 heteroatoms. The van der Waals surface area contributed by atoms with Crippen molar-refractivity contribution in [2.24, 2.45) is 0 Å². The van der Waals surface area contributed by atoms with Crippen LogP contribution in [0.15, 0.2) is 83.1 Å². The van der Waals surface area contributed by atoms with E-state index in [-0.39, 0.29) is 16.9 Å². The molecule has 0 aliphatic carbocycles. The van der Waals surface area contributed by atoms with E-state index in [1.807, 2.05) is 26.2 Å². The number of thioether (sulfide) groups is 1. The molecule has 0 unspecified atom stereocenters. The Balaban J connectivity index is 0.000000194. The van der Waals surface area contributed by atoms with Crippen molar-refractivity contribution in [2.75, 3.05) is 23.4 Å². The van der Waals surface area contributed by atoms with E-state index in [1.54, 1.807) is 44.3 Å². The molecule has 0 radical (unpaired) electrons. The van der Waals surface area contributed by atoms with Crippen LogP contribution in [0.1, 0.15) is 50.8 Å². The predicted molar refractivity (Wildman–Crippen MR) is 202 cm³/mol. The molecule has 4 heterocycles. The third-order valence-corrected chi connectivity index (χ3v) is 9.34. The van der Waals surface area contributed by atoms with E-state index in [4.69, 9.17) is 0 Å². The first kappa shape index (κ1) is 36.3. The number of aryl methyl sites for hydroxylation is 4. The molecular formula is C39H38F2N8O2S. The summed E-state index contributed by atoms with van der Waals surface area (Å²) >= 11 is 1.41. The lowest BCUT2D eigenvalue weighted by molar-refractivity contribution is 0.102. The van der Waals surface area contributed by atoms with Crippen LogP contribution in [0.5, 0.6) is 0 Å². The summed E-state index contributed by atoms with van der Waals surface area (Å²) in [5, 5.41) is 10.2. The van der Waals surface area contributed by atoms with E-state index in [9.17, 15) is 18.4 Å². The van der Waals surface area contributed by atoms with Crippen LogP contribution in [0.25, 0.3) is 16.6 Å². The van der Waals surface area contributed by atoms with Gasteiger partial charge in [-0.1, -0.05) is 49.0 Å². The average molecular weight is 721 g/mol. The Morgan fingerprint density at radius 2 is 1.71 bits per heavy atom. The molecule has 1 amide bonds. The van der Waals surface area contributed by atoms with Crippen molar-refractivity contribution in [3.8, 4) is 5.69 Å². The van der Waals surface area contributed by atoms with Crippen LogP contribution >= 0.6 is 11.8 Å². The van der Waals surface area contributed by atoms with Gasteiger partial charge in [-0.15, -0.1) is 0 Å². The van der Waals surface area contributed by atoms with Gasteiger partial charge in [-0.2, -0.15) is 0 Å². The maximum Gasteiger partial charge on any atom is 0.266 e. The molecule has 6 aromatic rings. The van der Waals surface area contributed by atoms with Gasteiger partial charge in [0.05, 0.1) is 33.5 Å². The van der Waals surface area contributed by atoms with Crippen LogP contribution in [0.4, 0.5) is 26.1 Å². The predicted octanol–water partition coefficient (Wildman–Crippen LogP) is 7.39. The van der Waals surface area contributed by atoms with Gasteiger partial charge in [-0.3, -0.25) is 14.2 Å². The number of nitrogens with zero attached hydrogens (tertiary/aromatic N) is 5. The van der Waals surface area contributed by atoms with Crippen molar-refractivity contribution in [1.29, 1.82) is 0 Å². The van der Waals surface area contributed by atoms with E-state index in [2.05, 4.69) is 48.0 Å². The normalized spacial score (nSPS) is 12.1. The lowest BCUT2D eigenvalue weighted by atomic mass is 10.0. The summed E-state index contributed by atoms with van der Waals surface area (Å²) in [6.45, 7) is 9.14. The molecule has 0 bridgehead atoms. The second-order valence-corrected chi connectivity index (χ2v) is 13.1. The van der Waals surface area contributed by atoms with Gasteiger partial charge in [0.25, 0.3) is 11.5 Å². The Hall–Kier alpha value is -5.53. The quantitative estimate of drug-likeness (QED) is 0.114. The highest BCUT2D eigenvalue weighted by Gasteiger charge is 2.18. The van der Waals surface area contributed by atoms with E-state index >= 15 is 0 Å². The lowest BCUT2D eigenvalue weighted by Crippen LogP contribution is -2.23. The number of hydrogen-bond acceptors (Lipinski definition) is 9. The maximum absolute atomic E-state index is 14.5. The molecular weight excluding hydrogens is 683 g/mol. The Bertz CT molecular complexity index is 2320. The molecule has 52 heavy (non-hydrogen) atoms. The van der Waals surface area contributed by atoms with Crippen LogP contribution in [-0.2, 0) is 19.4 Å². The number of amides is 1. The van der Waals surface area contributed by atoms with Crippen molar-refractivity contribution in [3.05, 3.63) is 134 Å². The zero-order chi connectivity index (χ0) is 36.9. The van der Waals surface area contributed by atoms with Crippen LogP contribution in [0.3, 0.4) is 0 Å². The number of rotatable bonds is 7. The highest BCUT2D eigenvalue weighted by Crippen LogP contribution is 2.24. The first-order valence-corrected chi connectivity index (χ1v) is 18.0. The van der Waals surface area contributed by atoms with Crippen molar-refractivity contribution >= 4 is 45.9 Å². The first-order chi connectivity index (χ1) is 25.1. The number of fused-ring (bicyclic) bond motifs is 2. The smallest absolute Gasteiger partial charge is 0.266 e. The Labute approximate surface area is 304 Å². The zero-order valence-corrected chi connectivity index (χ0v) is 30.3. The fraction of sp³-hybridized carbons (Fsp3) is 0.231. The fourth-order valence-corrected chi connectivity index (χ4v) is 6.41. The number of anilines is 3. The molecule has 0 saturated carbocycles. The van der Waals surface area contributed by atoms with Gasteiger partial charge in [0, 0.05) is 30.8 Å². The topological polar surface area (TPSA) is 127 Å². The van der Waals surface area contributed by atoms with E-state index in [0.717, 1.165) is 30.8 Å². The first-order valence-electron chi connectivity index (χ1n) is 16.8. The number of carbonyl (C=O) groups excluding carboxylic acids is 1. The minimum absolute atomic E-state index is 0.193. The summed E-state index contributed by atoms with van der Waals surface area (Å²) in [6.07, 6.45) is 8.13. The van der Waals surface area contributed by atoms with Crippen LogP contribution in [0, 0.1) is 32.4 Å². The van der Waals surface area contributed by atoms with Crippen LogP contribution in [-0.4, -0.2) is 43.2 Å². The van der Waals surface area contributed by atoms with Crippen molar-refractivity contribution in [1.82, 2.24) is 29.8 Å². The molecule has 0 saturated heterocycles. The molecule has 266 valence electrons. The number of carbonyl (C=O) groups is 1. The minimum atomic E-state index is -0.456. The van der Waals surface area contributed by atoms with Gasteiger partial charge in [-0.25, -0.2) is 28.7 Å². The van der Waals surface area contributed by atoms with Crippen molar-refractivity contribution in [2.45, 2.75) is 52.2 Å². The number of nitrogens with one attached hydrogen (secondary N) is 3. The highest BCUT2D eigenvalue weighted by atomic mass is 32.2. The van der Waals surface area contributed by atoms with Gasteiger partial charge >= 0.3 is 0 Å². The molecule has 3 aromatic carbocycles. The van der Waals surface area contributed by atoms with E-state index in [1.165, 1.54) is 52.0 Å². The number of benzene rings is 3. The summed E-state index contributed by atoms with van der Waals surface area (Å²) in [7, 11) is 0. The molecule has 10 nitrogen and oxygen atoms in total. The molecule has 1 aliphatic rings. The van der Waals surface area contributed by atoms with Gasteiger partial charge in [0.1, 0.15) is 11.6 Å². The van der Waals surface area contributed by atoms with Gasteiger partial charge in [0.15, 0.2) is 5.16 Å². The van der Waals surface area contributed by atoms with E-state index < -0.39 is 17.5 Å². The van der Waals surface area contributed by atoms with Crippen LogP contribution < -0.4 is 21.5 Å². The summed E-state index contributed by atoms with van der Waals surface area (Å²) in [5.74, 6) is -0.878.